The molecule has 106 valence electrons. The molecule has 1 atom stereocenters. The van der Waals surface area contributed by atoms with Gasteiger partial charge in [0.2, 0.25) is 0 Å². The lowest BCUT2D eigenvalue weighted by Crippen LogP contribution is -2.15. The fourth-order valence-electron chi connectivity index (χ4n) is 2.33. The number of benzene rings is 2. The molecular formula is C17H19Cl2N. The van der Waals surface area contributed by atoms with Crippen molar-refractivity contribution in [1.29, 1.82) is 0 Å². The van der Waals surface area contributed by atoms with Crippen molar-refractivity contribution in [2.24, 2.45) is 5.73 Å². The molecule has 0 fully saturated rings. The van der Waals surface area contributed by atoms with Crippen molar-refractivity contribution in [2.75, 3.05) is 6.54 Å². The second-order valence-electron chi connectivity index (χ2n) is 5.18. The van der Waals surface area contributed by atoms with Crippen LogP contribution in [0.1, 0.15) is 28.2 Å². The third kappa shape index (κ3) is 3.35. The first-order chi connectivity index (χ1) is 9.52. The van der Waals surface area contributed by atoms with Crippen molar-refractivity contribution in [2.45, 2.75) is 26.2 Å². The van der Waals surface area contributed by atoms with Gasteiger partial charge in [-0.3, -0.25) is 0 Å². The van der Waals surface area contributed by atoms with E-state index in [1.54, 1.807) is 0 Å². The van der Waals surface area contributed by atoms with Gasteiger partial charge in [0.05, 0.1) is 0 Å². The zero-order valence-corrected chi connectivity index (χ0v) is 13.3. The SMILES string of the molecule is Cc1ccc(C(CN)Cc2c(Cl)cccc2Cl)cc1C. The molecule has 0 bridgehead atoms. The molecule has 2 rings (SSSR count). The molecule has 0 aromatic heterocycles. The summed E-state index contributed by atoms with van der Waals surface area (Å²) in [5.41, 5.74) is 10.7. The normalized spacial score (nSPS) is 12.4. The van der Waals surface area contributed by atoms with Crippen LogP contribution < -0.4 is 5.73 Å². The lowest BCUT2D eigenvalue weighted by Gasteiger charge is -2.18. The van der Waals surface area contributed by atoms with Crippen LogP contribution >= 0.6 is 23.2 Å². The molecular weight excluding hydrogens is 289 g/mol. The van der Waals surface area contributed by atoms with Gasteiger partial charge < -0.3 is 5.73 Å². The van der Waals surface area contributed by atoms with Crippen molar-refractivity contribution < 1.29 is 0 Å². The van der Waals surface area contributed by atoms with Crippen LogP contribution in [0.15, 0.2) is 36.4 Å². The van der Waals surface area contributed by atoms with E-state index in [4.69, 9.17) is 28.9 Å². The van der Waals surface area contributed by atoms with E-state index in [0.29, 0.717) is 16.6 Å². The Morgan fingerprint density at radius 3 is 2.20 bits per heavy atom. The van der Waals surface area contributed by atoms with Crippen LogP contribution in [-0.4, -0.2) is 6.54 Å². The van der Waals surface area contributed by atoms with E-state index in [0.717, 1.165) is 12.0 Å². The van der Waals surface area contributed by atoms with Crippen molar-refractivity contribution in [1.82, 2.24) is 0 Å². The Hall–Kier alpha value is -1.02. The summed E-state index contributed by atoms with van der Waals surface area (Å²) in [5.74, 6) is 0.228. The molecule has 1 unspecified atom stereocenters. The number of hydrogen-bond donors (Lipinski definition) is 1. The van der Waals surface area contributed by atoms with Crippen molar-refractivity contribution in [3.63, 3.8) is 0 Å². The Morgan fingerprint density at radius 2 is 1.65 bits per heavy atom. The van der Waals surface area contributed by atoms with Crippen molar-refractivity contribution >= 4 is 23.2 Å². The third-order valence-corrected chi connectivity index (χ3v) is 4.51. The van der Waals surface area contributed by atoms with Crippen LogP contribution in [0.3, 0.4) is 0 Å². The molecule has 0 spiro atoms. The molecule has 0 aliphatic rings. The molecule has 0 heterocycles. The monoisotopic (exact) mass is 307 g/mol. The smallest absolute Gasteiger partial charge is 0.0453 e. The van der Waals surface area contributed by atoms with E-state index >= 15 is 0 Å². The highest BCUT2D eigenvalue weighted by atomic mass is 35.5. The fraction of sp³-hybridized carbons (Fsp3) is 0.294. The van der Waals surface area contributed by atoms with Crippen molar-refractivity contribution in [3.05, 3.63) is 68.7 Å². The van der Waals surface area contributed by atoms with E-state index in [1.165, 1.54) is 16.7 Å². The number of aryl methyl sites for hydroxylation is 2. The molecule has 0 amide bonds. The van der Waals surface area contributed by atoms with Gasteiger partial charge in [0.15, 0.2) is 0 Å². The Kier molecular flexibility index (Phi) is 5.09. The summed E-state index contributed by atoms with van der Waals surface area (Å²) in [6.45, 7) is 4.81. The first-order valence-corrected chi connectivity index (χ1v) is 7.48. The quantitative estimate of drug-likeness (QED) is 0.854. The van der Waals surface area contributed by atoms with Crippen LogP contribution in [0, 0.1) is 13.8 Å². The molecule has 1 nitrogen and oxygen atoms in total. The first-order valence-electron chi connectivity index (χ1n) is 6.73. The number of rotatable bonds is 4. The van der Waals surface area contributed by atoms with Crippen molar-refractivity contribution in [3.8, 4) is 0 Å². The standard InChI is InChI=1S/C17H19Cl2N/c1-11-6-7-13(8-12(11)2)14(10-20)9-15-16(18)4-3-5-17(15)19/h3-8,14H,9-10,20H2,1-2H3. The van der Waals surface area contributed by atoms with Crippen LogP contribution in [0.2, 0.25) is 10.0 Å². The zero-order chi connectivity index (χ0) is 14.7. The number of hydrogen-bond acceptors (Lipinski definition) is 1. The van der Waals surface area contributed by atoms with E-state index in [-0.39, 0.29) is 5.92 Å². The van der Waals surface area contributed by atoms with Gasteiger partial charge in [-0.05, 0) is 61.2 Å². The maximum Gasteiger partial charge on any atom is 0.0453 e. The Labute approximate surface area is 130 Å². The van der Waals surface area contributed by atoms with Gasteiger partial charge in [-0.15, -0.1) is 0 Å². The highest BCUT2D eigenvalue weighted by molar-refractivity contribution is 6.36. The molecule has 2 N–H and O–H groups in total. The summed E-state index contributed by atoms with van der Waals surface area (Å²) in [4.78, 5) is 0. The summed E-state index contributed by atoms with van der Waals surface area (Å²) in [6, 6.07) is 12.1. The largest absolute Gasteiger partial charge is 0.330 e. The van der Waals surface area contributed by atoms with E-state index in [9.17, 15) is 0 Å². The van der Waals surface area contributed by atoms with Gasteiger partial charge in [-0.2, -0.15) is 0 Å². The van der Waals surface area contributed by atoms with Gasteiger partial charge in [-0.25, -0.2) is 0 Å². The molecule has 0 aliphatic heterocycles. The number of halogens is 2. The average molecular weight is 308 g/mol. The predicted octanol–water partition coefficient (Wildman–Crippen LogP) is 4.90. The van der Waals surface area contributed by atoms with Crippen LogP contribution in [0.25, 0.3) is 0 Å². The molecule has 0 radical (unpaired) electrons. The van der Waals surface area contributed by atoms with Crippen LogP contribution in [0.4, 0.5) is 0 Å². The third-order valence-electron chi connectivity index (χ3n) is 3.80. The Bertz CT molecular complexity index is 588. The summed E-state index contributed by atoms with van der Waals surface area (Å²) in [7, 11) is 0. The van der Waals surface area contributed by atoms with E-state index < -0.39 is 0 Å². The summed E-state index contributed by atoms with van der Waals surface area (Å²) in [5, 5.41) is 1.42. The summed E-state index contributed by atoms with van der Waals surface area (Å²) in [6.07, 6.45) is 0.761. The van der Waals surface area contributed by atoms with Gasteiger partial charge in [0.1, 0.15) is 0 Å². The summed E-state index contributed by atoms with van der Waals surface area (Å²) >= 11 is 12.5. The second kappa shape index (κ2) is 6.62. The van der Waals surface area contributed by atoms with Gasteiger partial charge in [0, 0.05) is 16.0 Å². The second-order valence-corrected chi connectivity index (χ2v) is 6.00. The lowest BCUT2D eigenvalue weighted by atomic mass is 9.90. The van der Waals surface area contributed by atoms with Gasteiger partial charge >= 0.3 is 0 Å². The minimum atomic E-state index is 0.228. The topological polar surface area (TPSA) is 26.0 Å². The minimum absolute atomic E-state index is 0.228. The molecule has 0 aliphatic carbocycles. The molecule has 2 aromatic carbocycles. The minimum Gasteiger partial charge on any atom is -0.330 e. The Balaban J connectivity index is 2.31. The molecule has 3 heteroatoms. The lowest BCUT2D eigenvalue weighted by molar-refractivity contribution is 0.694. The zero-order valence-electron chi connectivity index (χ0n) is 11.8. The van der Waals surface area contributed by atoms with Gasteiger partial charge in [0.25, 0.3) is 0 Å². The maximum atomic E-state index is 6.25. The van der Waals surface area contributed by atoms with E-state index in [1.807, 2.05) is 18.2 Å². The highest BCUT2D eigenvalue weighted by Crippen LogP contribution is 2.30. The number of nitrogens with two attached hydrogens (primary N) is 1. The predicted molar refractivity (Wildman–Crippen MR) is 87.9 cm³/mol. The van der Waals surface area contributed by atoms with Gasteiger partial charge in [-0.1, -0.05) is 47.5 Å². The van der Waals surface area contributed by atoms with E-state index in [2.05, 4.69) is 32.0 Å². The fourth-order valence-corrected chi connectivity index (χ4v) is 2.88. The average Bonchev–Trinajstić information content (AvgIpc) is 2.42. The molecule has 2 aromatic rings. The molecule has 20 heavy (non-hydrogen) atoms. The van der Waals surface area contributed by atoms with Crippen LogP contribution in [0.5, 0.6) is 0 Å². The molecule has 0 saturated heterocycles. The van der Waals surface area contributed by atoms with Crippen LogP contribution in [-0.2, 0) is 6.42 Å². The summed E-state index contributed by atoms with van der Waals surface area (Å²) < 4.78 is 0. The molecule has 0 saturated carbocycles. The first kappa shape index (κ1) is 15.4. The Morgan fingerprint density at radius 1 is 1.00 bits per heavy atom. The maximum absolute atomic E-state index is 6.25. The highest BCUT2D eigenvalue weighted by Gasteiger charge is 2.15.